The van der Waals surface area contributed by atoms with Gasteiger partial charge in [0, 0.05) is 48.8 Å². The molecule has 4 aromatic rings. The van der Waals surface area contributed by atoms with Crippen LogP contribution in [0.1, 0.15) is 49.5 Å². The molecule has 3 heterocycles. The van der Waals surface area contributed by atoms with Gasteiger partial charge in [-0.2, -0.15) is 0 Å². The van der Waals surface area contributed by atoms with E-state index in [1.54, 1.807) is 54.6 Å². The molecule has 6 N–H and O–H groups in total. The van der Waals surface area contributed by atoms with Crippen molar-refractivity contribution >= 4 is 41.0 Å². The van der Waals surface area contributed by atoms with E-state index >= 15 is 0 Å². The summed E-state index contributed by atoms with van der Waals surface area (Å²) in [6.45, 7) is 2.15. The maximum absolute atomic E-state index is 13.2. The van der Waals surface area contributed by atoms with Crippen LogP contribution in [-0.4, -0.2) is 102 Å². The first-order chi connectivity index (χ1) is 26.2. The predicted octanol–water partition coefficient (Wildman–Crippen LogP) is 2.33. The lowest BCUT2D eigenvalue weighted by molar-refractivity contribution is -0.136. The summed E-state index contributed by atoms with van der Waals surface area (Å²) in [4.78, 5) is 63.5. The van der Waals surface area contributed by atoms with Crippen LogP contribution in [0.3, 0.4) is 0 Å². The molecule has 54 heavy (non-hydrogen) atoms. The van der Waals surface area contributed by atoms with Crippen LogP contribution in [0.5, 0.6) is 11.5 Å². The van der Waals surface area contributed by atoms with E-state index in [1.165, 1.54) is 6.07 Å². The Labute approximate surface area is 310 Å². The monoisotopic (exact) mass is 737 g/mol. The van der Waals surface area contributed by atoms with Gasteiger partial charge < -0.3 is 35.7 Å². The van der Waals surface area contributed by atoms with Gasteiger partial charge in [-0.1, -0.05) is 30.3 Å². The Balaban J connectivity index is 0.840. The number of nitrogens with two attached hydrogens (primary N) is 1. The van der Waals surface area contributed by atoms with E-state index < -0.39 is 29.7 Å². The van der Waals surface area contributed by atoms with Crippen molar-refractivity contribution in [2.24, 2.45) is 0 Å². The summed E-state index contributed by atoms with van der Waals surface area (Å²) in [6, 6.07) is 19.4. The molecule has 2 aliphatic rings. The zero-order chi connectivity index (χ0) is 38.0. The van der Waals surface area contributed by atoms with E-state index in [2.05, 4.69) is 26.1 Å². The highest BCUT2D eigenvalue weighted by atomic mass is 16.5. The third-order valence-electron chi connectivity index (χ3n) is 8.76. The summed E-state index contributed by atoms with van der Waals surface area (Å²) < 4.78 is 17.0. The van der Waals surface area contributed by atoms with E-state index in [9.17, 15) is 29.1 Å². The molecule has 280 valence electrons. The Hall–Kier alpha value is -6.39. The molecule has 1 aromatic heterocycles. The topological polar surface area (TPSA) is 224 Å². The number of piperidine rings is 1. The van der Waals surface area contributed by atoms with Gasteiger partial charge in [0.2, 0.25) is 11.8 Å². The fourth-order valence-electron chi connectivity index (χ4n) is 6.00. The van der Waals surface area contributed by atoms with E-state index in [4.69, 9.17) is 19.9 Å². The van der Waals surface area contributed by atoms with Crippen LogP contribution in [0.15, 0.2) is 72.8 Å². The summed E-state index contributed by atoms with van der Waals surface area (Å²) in [5.74, 6) is -1.90. The van der Waals surface area contributed by atoms with Gasteiger partial charge >= 0.3 is 0 Å². The molecule has 1 saturated heterocycles. The molecule has 16 heteroatoms. The Morgan fingerprint density at radius 2 is 1.61 bits per heavy atom. The van der Waals surface area contributed by atoms with Crippen LogP contribution < -0.4 is 26.4 Å². The number of phenols is 1. The number of aromatic nitrogens is 2. The number of carbonyl (C=O) groups is 5. The minimum absolute atomic E-state index is 0.0498. The Morgan fingerprint density at radius 1 is 0.870 bits per heavy atom. The maximum Gasteiger partial charge on any atom is 0.264 e. The summed E-state index contributed by atoms with van der Waals surface area (Å²) >= 11 is 0. The Kier molecular flexibility index (Phi) is 12.1. The number of amides is 5. The van der Waals surface area contributed by atoms with E-state index in [1.807, 2.05) is 12.1 Å². The first-order valence-electron chi connectivity index (χ1n) is 17.4. The smallest absolute Gasteiger partial charge is 0.264 e. The molecular weight excluding hydrogens is 698 g/mol. The highest BCUT2D eigenvalue weighted by Crippen LogP contribution is 2.33. The number of aromatic hydroxyl groups is 1. The molecule has 0 spiro atoms. The van der Waals surface area contributed by atoms with Gasteiger partial charge in [0.25, 0.3) is 17.7 Å². The first kappa shape index (κ1) is 37.4. The largest absolute Gasteiger partial charge is 0.507 e. The quantitative estimate of drug-likeness (QED) is 0.0776. The van der Waals surface area contributed by atoms with Crippen LogP contribution >= 0.6 is 0 Å². The minimum atomic E-state index is -1.03. The van der Waals surface area contributed by atoms with Crippen LogP contribution in [0.25, 0.3) is 11.3 Å². The number of nitrogen functional groups attached to an aromatic ring is 1. The number of ether oxygens (including phenoxy) is 3. The molecule has 1 atom stereocenters. The molecule has 0 aliphatic carbocycles. The molecule has 0 saturated carbocycles. The van der Waals surface area contributed by atoms with Gasteiger partial charge in [-0.15, -0.1) is 10.2 Å². The zero-order valence-electron chi connectivity index (χ0n) is 29.2. The van der Waals surface area contributed by atoms with Gasteiger partial charge in [-0.05, 0) is 48.4 Å². The number of fused-ring (bicyclic) bond motifs is 1. The van der Waals surface area contributed by atoms with Crippen LogP contribution in [0, 0.1) is 0 Å². The van der Waals surface area contributed by atoms with Crippen molar-refractivity contribution in [3.63, 3.8) is 0 Å². The number of para-hydroxylation sites is 1. The average Bonchev–Trinajstić information content (AvgIpc) is 3.42. The van der Waals surface area contributed by atoms with Gasteiger partial charge in [0.15, 0.2) is 11.6 Å². The summed E-state index contributed by atoms with van der Waals surface area (Å²) in [5.41, 5.74) is 9.19. The van der Waals surface area contributed by atoms with E-state index in [0.29, 0.717) is 74.2 Å². The summed E-state index contributed by atoms with van der Waals surface area (Å²) in [7, 11) is 0. The normalized spacial score (nSPS) is 15.2. The second-order valence-electron chi connectivity index (χ2n) is 12.4. The lowest BCUT2D eigenvalue weighted by Gasteiger charge is -2.27. The maximum atomic E-state index is 13.2. The molecule has 6 rings (SSSR count). The third-order valence-corrected chi connectivity index (χ3v) is 8.76. The van der Waals surface area contributed by atoms with Crippen molar-refractivity contribution < 1.29 is 43.3 Å². The van der Waals surface area contributed by atoms with E-state index in [-0.39, 0.29) is 48.0 Å². The van der Waals surface area contributed by atoms with Crippen molar-refractivity contribution in [1.82, 2.24) is 25.7 Å². The lowest BCUT2D eigenvalue weighted by Crippen LogP contribution is -2.54. The van der Waals surface area contributed by atoms with Gasteiger partial charge in [0.05, 0.1) is 44.2 Å². The molecule has 2 aliphatic heterocycles. The SMILES string of the molecule is Nc1nnc(-c2ccccc2O)cc1OCCc1ccc(C(=O)NCCOCCOCCNc2cccc3c2C(=O)N(C2CCC(=O)NC2=O)C3=O)cc1. The average molecular weight is 738 g/mol. The predicted molar refractivity (Wildman–Crippen MR) is 195 cm³/mol. The van der Waals surface area contributed by atoms with Gasteiger partial charge in [0.1, 0.15) is 17.5 Å². The highest BCUT2D eigenvalue weighted by Gasteiger charge is 2.45. The van der Waals surface area contributed by atoms with Crippen molar-refractivity contribution in [1.29, 1.82) is 0 Å². The van der Waals surface area contributed by atoms with Crippen molar-refractivity contribution in [3.05, 3.63) is 95.1 Å². The van der Waals surface area contributed by atoms with Gasteiger partial charge in [-0.3, -0.25) is 34.2 Å². The number of phenolic OH excluding ortho intramolecular Hbond substituents is 1. The number of hydrogen-bond donors (Lipinski definition) is 5. The van der Waals surface area contributed by atoms with E-state index in [0.717, 1.165) is 10.5 Å². The number of anilines is 2. The van der Waals surface area contributed by atoms with Crippen LogP contribution in [0.2, 0.25) is 0 Å². The zero-order valence-corrected chi connectivity index (χ0v) is 29.2. The molecule has 16 nitrogen and oxygen atoms in total. The number of imide groups is 2. The Bertz CT molecular complexity index is 2040. The fourth-order valence-corrected chi connectivity index (χ4v) is 6.00. The number of benzene rings is 3. The molecule has 3 aromatic carbocycles. The van der Waals surface area contributed by atoms with Crippen molar-refractivity contribution in [2.75, 3.05) is 57.2 Å². The number of hydrogen-bond acceptors (Lipinski definition) is 13. The number of carbonyl (C=O) groups excluding carboxylic acids is 5. The summed E-state index contributed by atoms with van der Waals surface area (Å²) in [5, 5.41) is 26.2. The number of nitrogens with zero attached hydrogens (tertiary/aromatic N) is 3. The number of nitrogens with one attached hydrogen (secondary N) is 3. The fraction of sp³-hybridized carbons (Fsp3) is 0.289. The molecule has 0 bridgehead atoms. The highest BCUT2D eigenvalue weighted by molar-refractivity contribution is 6.25. The standard InChI is InChI=1S/C38H39N7O9/c39-34-31(22-28(43-44-34)25-4-1-2-7-30(25)46)54-17-14-23-8-10-24(11-9-23)35(48)41-16-19-53-21-20-52-18-15-40-27-6-3-5-26-33(27)38(51)45(37(26)50)29-12-13-32(47)42-36(29)49/h1-11,22,29,40,46H,12-21H2,(H2,39,44)(H,41,48)(H,42,47,49). The molecule has 1 unspecified atom stereocenters. The summed E-state index contributed by atoms with van der Waals surface area (Å²) in [6.07, 6.45) is 0.693. The molecule has 0 radical (unpaired) electrons. The Morgan fingerprint density at radius 3 is 2.37 bits per heavy atom. The second kappa shape index (κ2) is 17.4. The van der Waals surface area contributed by atoms with Crippen LogP contribution in [0.4, 0.5) is 11.5 Å². The first-order valence-corrected chi connectivity index (χ1v) is 17.4. The third kappa shape index (κ3) is 8.79. The minimum Gasteiger partial charge on any atom is -0.507 e. The van der Waals surface area contributed by atoms with Crippen LogP contribution in [-0.2, 0) is 25.5 Å². The number of rotatable bonds is 17. The van der Waals surface area contributed by atoms with Crippen molar-refractivity contribution in [2.45, 2.75) is 25.3 Å². The molecule has 1 fully saturated rings. The molecular formula is C38H39N7O9. The lowest BCUT2D eigenvalue weighted by atomic mass is 10.0. The van der Waals surface area contributed by atoms with Crippen molar-refractivity contribution in [3.8, 4) is 22.8 Å². The second-order valence-corrected chi connectivity index (χ2v) is 12.4. The molecule has 5 amide bonds. The van der Waals surface area contributed by atoms with Gasteiger partial charge in [-0.25, -0.2) is 0 Å².